The van der Waals surface area contributed by atoms with E-state index in [0.29, 0.717) is 29.7 Å². The molecule has 1 atom stereocenters. The molecular formula is C22H23N3O3. The van der Waals surface area contributed by atoms with Crippen molar-refractivity contribution in [1.82, 2.24) is 14.5 Å². The summed E-state index contributed by atoms with van der Waals surface area (Å²) in [7, 11) is 5.43. The van der Waals surface area contributed by atoms with Gasteiger partial charge in [-0.15, -0.1) is 0 Å². The third-order valence-electron chi connectivity index (χ3n) is 5.48. The van der Waals surface area contributed by atoms with Gasteiger partial charge in [0.15, 0.2) is 5.75 Å². The zero-order valence-corrected chi connectivity index (χ0v) is 16.5. The number of imidazole rings is 1. The lowest BCUT2D eigenvalue weighted by Crippen LogP contribution is -2.25. The van der Waals surface area contributed by atoms with E-state index in [1.54, 1.807) is 25.1 Å². The fourth-order valence-electron chi connectivity index (χ4n) is 3.86. The number of hydrogen-bond donors (Lipinski definition) is 0. The fraction of sp³-hybridized carbons (Fsp3) is 0.318. The average Bonchev–Trinajstić information content (AvgIpc) is 3.00. The van der Waals surface area contributed by atoms with E-state index in [-0.39, 0.29) is 12.0 Å². The lowest BCUT2D eigenvalue weighted by molar-refractivity contribution is 0.0823. The zero-order chi connectivity index (χ0) is 20.0. The summed E-state index contributed by atoms with van der Waals surface area (Å²) in [5.74, 6) is 1.46. The summed E-state index contributed by atoms with van der Waals surface area (Å²) in [6.45, 7) is 1.93. The number of carbonyl (C=O) groups excluding carboxylic acids is 2. The Labute approximate surface area is 163 Å². The van der Waals surface area contributed by atoms with Crippen molar-refractivity contribution >= 4 is 23.2 Å². The SMILES string of the molecule is Cc1nc2c3c(c(C(=O)N(C)C)cc2n1C)CC[C@@H](c1ccccc1C=O)O3. The molecule has 2 heterocycles. The molecule has 6 heteroatoms. The first kappa shape index (κ1) is 18.2. The molecule has 1 aliphatic rings. The number of aryl methyl sites for hydroxylation is 2. The molecule has 0 saturated carbocycles. The molecule has 1 aliphatic heterocycles. The third-order valence-corrected chi connectivity index (χ3v) is 5.48. The third kappa shape index (κ3) is 2.76. The van der Waals surface area contributed by atoms with Gasteiger partial charge in [0.05, 0.1) is 5.52 Å². The molecule has 0 radical (unpaired) electrons. The summed E-state index contributed by atoms with van der Waals surface area (Å²) in [6.07, 6.45) is 2.00. The molecule has 0 aliphatic carbocycles. The molecule has 28 heavy (non-hydrogen) atoms. The van der Waals surface area contributed by atoms with E-state index in [4.69, 9.17) is 4.74 Å². The van der Waals surface area contributed by atoms with Gasteiger partial charge in [0.1, 0.15) is 23.7 Å². The first-order chi connectivity index (χ1) is 13.4. The minimum atomic E-state index is -0.246. The molecule has 3 aromatic rings. The van der Waals surface area contributed by atoms with E-state index in [9.17, 15) is 9.59 Å². The van der Waals surface area contributed by atoms with Gasteiger partial charge in [-0.3, -0.25) is 9.59 Å². The molecule has 0 spiro atoms. The Kier molecular flexibility index (Phi) is 4.41. The Hall–Kier alpha value is -3.15. The van der Waals surface area contributed by atoms with Crippen molar-refractivity contribution in [2.75, 3.05) is 14.1 Å². The van der Waals surface area contributed by atoms with E-state index in [2.05, 4.69) is 4.98 Å². The van der Waals surface area contributed by atoms with Crippen molar-refractivity contribution in [2.45, 2.75) is 25.9 Å². The summed E-state index contributed by atoms with van der Waals surface area (Å²) < 4.78 is 8.37. The van der Waals surface area contributed by atoms with Crippen molar-refractivity contribution < 1.29 is 14.3 Å². The maximum Gasteiger partial charge on any atom is 0.253 e. The van der Waals surface area contributed by atoms with Gasteiger partial charge in [-0.05, 0) is 25.8 Å². The minimum Gasteiger partial charge on any atom is -0.483 e. The Bertz CT molecular complexity index is 1100. The summed E-state index contributed by atoms with van der Waals surface area (Å²) >= 11 is 0. The molecular weight excluding hydrogens is 354 g/mol. The topological polar surface area (TPSA) is 64.4 Å². The summed E-state index contributed by atoms with van der Waals surface area (Å²) in [5, 5.41) is 0. The van der Waals surface area contributed by atoms with Crippen LogP contribution in [0.2, 0.25) is 0 Å². The number of carbonyl (C=O) groups is 2. The number of aromatic nitrogens is 2. The standard InChI is InChI=1S/C22H23N3O3/c1-13-23-20-18(25(13)4)11-17(22(27)24(2)3)16-9-10-19(28-21(16)20)15-8-6-5-7-14(15)12-26/h5-8,11-12,19H,9-10H2,1-4H3/t19-/m0/s1. The van der Waals surface area contributed by atoms with Crippen LogP contribution in [0.15, 0.2) is 30.3 Å². The van der Waals surface area contributed by atoms with Gasteiger partial charge in [0, 0.05) is 43.4 Å². The Morgan fingerprint density at radius 3 is 2.79 bits per heavy atom. The number of nitrogens with zero attached hydrogens (tertiary/aromatic N) is 3. The lowest BCUT2D eigenvalue weighted by atomic mass is 9.91. The number of benzene rings is 2. The van der Waals surface area contributed by atoms with Crippen LogP contribution >= 0.6 is 0 Å². The maximum absolute atomic E-state index is 12.8. The van der Waals surface area contributed by atoms with Gasteiger partial charge >= 0.3 is 0 Å². The monoisotopic (exact) mass is 377 g/mol. The van der Waals surface area contributed by atoms with Crippen molar-refractivity contribution in [3.05, 3.63) is 58.4 Å². The maximum atomic E-state index is 12.8. The first-order valence-electron chi connectivity index (χ1n) is 9.33. The molecule has 1 aromatic heterocycles. The fourth-order valence-corrected chi connectivity index (χ4v) is 3.86. The molecule has 2 aromatic carbocycles. The molecule has 0 fully saturated rings. The predicted molar refractivity (Wildman–Crippen MR) is 107 cm³/mol. The smallest absolute Gasteiger partial charge is 0.253 e. The van der Waals surface area contributed by atoms with Crippen LogP contribution in [0, 0.1) is 6.92 Å². The highest BCUT2D eigenvalue weighted by atomic mass is 16.5. The van der Waals surface area contributed by atoms with Crippen LogP contribution in [0.5, 0.6) is 5.75 Å². The highest BCUT2D eigenvalue weighted by Gasteiger charge is 2.30. The Morgan fingerprint density at radius 1 is 1.32 bits per heavy atom. The van der Waals surface area contributed by atoms with Crippen LogP contribution in [-0.4, -0.2) is 40.7 Å². The second-order valence-corrected chi connectivity index (χ2v) is 7.41. The first-order valence-corrected chi connectivity index (χ1v) is 9.33. The van der Waals surface area contributed by atoms with Crippen LogP contribution < -0.4 is 4.74 Å². The predicted octanol–water partition coefficient (Wildman–Crippen LogP) is 3.46. The second kappa shape index (κ2) is 6.78. The number of hydrogen-bond acceptors (Lipinski definition) is 4. The van der Waals surface area contributed by atoms with Crippen molar-refractivity contribution in [2.24, 2.45) is 7.05 Å². The minimum absolute atomic E-state index is 0.0488. The van der Waals surface area contributed by atoms with Gasteiger partial charge < -0.3 is 14.2 Å². The molecule has 0 saturated heterocycles. The van der Waals surface area contributed by atoms with Crippen molar-refractivity contribution in [3.8, 4) is 5.75 Å². The number of rotatable bonds is 3. The van der Waals surface area contributed by atoms with Crippen LogP contribution in [0.4, 0.5) is 0 Å². The van der Waals surface area contributed by atoms with E-state index >= 15 is 0 Å². The summed E-state index contributed by atoms with van der Waals surface area (Å²) in [5.41, 5.74) is 4.67. The second-order valence-electron chi connectivity index (χ2n) is 7.41. The van der Waals surface area contributed by atoms with Gasteiger partial charge in [-0.1, -0.05) is 24.3 Å². The molecule has 6 nitrogen and oxygen atoms in total. The number of fused-ring (bicyclic) bond motifs is 3. The quantitative estimate of drug-likeness (QED) is 0.656. The highest BCUT2D eigenvalue weighted by Crippen LogP contribution is 2.42. The summed E-state index contributed by atoms with van der Waals surface area (Å²) in [4.78, 5) is 30.6. The largest absolute Gasteiger partial charge is 0.483 e. The summed E-state index contributed by atoms with van der Waals surface area (Å²) in [6, 6.07) is 9.40. The van der Waals surface area contributed by atoms with E-state index in [1.807, 2.05) is 42.8 Å². The molecule has 1 amide bonds. The Morgan fingerprint density at radius 2 is 2.07 bits per heavy atom. The molecule has 0 bridgehead atoms. The van der Waals surface area contributed by atoms with E-state index in [1.165, 1.54) is 0 Å². The molecule has 4 rings (SSSR count). The van der Waals surface area contributed by atoms with E-state index in [0.717, 1.165) is 34.3 Å². The zero-order valence-electron chi connectivity index (χ0n) is 16.5. The van der Waals surface area contributed by atoms with Crippen molar-refractivity contribution in [1.29, 1.82) is 0 Å². The van der Waals surface area contributed by atoms with Gasteiger partial charge in [0.2, 0.25) is 0 Å². The highest BCUT2D eigenvalue weighted by molar-refractivity contribution is 6.01. The van der Waals surface area contributed by atoms with Gasteiger partial charge in [-0.25, -0.2) is 4.98 Å². The van der Waals surface area contributed by atoms with Crippen LogP contribution in [0.1, 0.15) is 50.2 Å². The van der Waals surface area contributed by atoms with Gasteiger partial charge in [-0.2, -0.15) is 0 Å². The molecule has 0 unspecified atom stereocenters. The lowest BCUT2D eigenvalue weighted by Gasteiger charge is -2.29. The average molecular weight is 377 g/mol. The molecule has 144 valence electrons. The van der Waals surface area contributed by atoms with E-state index < -0.39 is 0 Å². The van der Waals surface area contributed by atoms with Crippen LogP contribution in [0.25, 0.3) is 11.0 Å². The normalized spacial score (nSPS) is 15.8. The number of ether oxygens (including phenoxy) is 1. The number of aldehydes is 1. The Balaban J connectivity index is 1.90. The van der Waals surface area contributed by atoms with Gasteiger partial charge in [0.25, 0.3) is 5.91 Å². The number of amides is 1. The molecule has 0 N–H and O–H groups in total. The van der Waals surface area contributed by atoms with Crippen LogP contribution in [-0.2, 0) is 13.5 Å². The van der Waals surface area contributed by atoms with Crippen molar-refractivity contribution in [3.63, 3.8) is 0 Å². The van der Waals surface area contributed by atoms with Crippen LogP contribution in [0.3, 0.4) is 0 Å².